The van der Waals surface area contributed by atoms with Crippen molar-refractivity contribution in [1.29, 1.82) is 0 Å². The zero-order chi connectivity index (χ0) is 25.5. The number of carbonyl (C=O) groups is 4. The maximum atomic E-state index is 12.5. The molecule has 0 unspecified atom stereocenters. The molecule has 0 spiro atoms. The molecular weight excluding hydrogens is 464 g/mol. The van der Waals surface area contributed by atoms with Gasteiger partial charge in [-0.05, 0) is 38.0 Å². The van der Waals surface area contributed by atoms with Gasteiger partial charge in [0.1, 0.15) is 0 Å². The highest BCUT2D eigenvalue weighted by Gasteiger charge is 2.29. The predicted octanol–water partition coefficient (Wildman–Crippen LogP) is -0.0732. The van der Waals surface area contributed by atoms with Crippen molar-refractivity contribution in [1.82, 2.24) is 19.4 Å². The van der Waals surface area contributed by atoms with E-state index in [1.807, 2.05) is 0 Å². The molecule has 1 saturated heterocycles. The molecule has 34 heavy (non-hydrogen) atoms. The molecule has 1 fully saturated rings. The summed E-state index contributed by atoms with van der Waals surface area (Å²) in [7, 11) is 0.536. The molecule has 1 aromatic carbocycles. The Hall–Kier alpha value is -2.99. The van der Waals surface area contributed by atoms with Gasteiger partial charge in [0.05, 0.1) is 30.5 Å². The summed E-state index contributed by atoms with van der Waals surface area (Å²) in [6.45, 7) is 2.38. The van der Waals surface area contributed by atoms with Crippen molar-refractivity contribution in [3.8, 4) is 0 Å². The third-order valence-electron chi connectivity index (χ3n) is 5.54. The average Bonchev–Trinajstić information content (AvgIpc) is 2.82. The van der Waals surface area contributed by atoms with Crippen LogP contribution in [0.3, 0.4) is 0 Å². The second kappa shape index (κ2) is 11.9. The highest BCUT2D eigenvalue weighted by Crippen LogP contribution is 2.19. The second-order valence-corrected chi connectivity index (χ2v) is 10.3. The van der Waals surface area contributed by atoms with Gasteiger partial charge in [-0.2, -0.15) is 0 Å². The molecule has 1 heterocycles. The number of likely N-dealkylation sites (tertiary alicyclic amines) is 1. The molecule has 1 aliphatic heterocycles. The van der Waals surface area contributed by atoms with Crippen molar-refractivity contribution >= 4 is 33.7 Å². The van der Waals surface area contributed by atoms with E-state index in [9.17, 15) is 27.6 Å². The van der Waals surface area contributed by atoms with Gasteiger partial charge in [-0.1, -0.05) is 6.07 Å². The number of rotatable bonds is 9. The number of hydrogen-bond donors (Lipinski definition) is 1. The number of nitrogens with zero attached hydrogens (tertiary/aromatic N) is 3. The van der Waals surface area contributed by atoms with E-state index in [0.29, 0.717) is 32.5 Å². The Bertz CT molecular complexity index is 1020. The van der Waals surface area contributed by atoms with E-state index in [-0.39, 0.29) is 41.3 Å². The SMILES string of the molecule is CCOC(=O)C1CCN(C(=O)CN(C)C(=O)CNC(=O)c2cccc(S(=O)(=O)N(C)C)c2)CC1. The van der Waals surface area contributed by atoms with E-state index in [1.54, 1.807) is 11.8 Å². The number of carbonyl (C=O) groups excluding carboxylic acids is 4. The number of hydrogen-bond acceptors (Lipinski definition) is 7. The van der Waals surface area contributed by atoms with Gasteiger partial charge in [0.25, 0.3) is 5.91 Å². The van der Waals surface area contributed by atoms with Crippen molar-refractivity contribution < 1.29 is 32.3 Å². The molecule has 0 atom stereocenters. The smallest absolute Gasteiger partial charge is 0.309 e. The van der Waals surface area contributed by atoms with Gasteiger partial charge >= 0.3 is 5.97 Å². The van der Waals surface area contributed by atoms with E-state index in [4.69, 9.17) is 4.74 Å². The summed E-state index contributed by atoms with van der Waals surface area (Å²) in [5, 5.41) is 2.46. The summed E-state index contributed by atoms with van der Waals surface area (Å²) in [6.07, 6.45) is 1.03. The van der Waals surface area contributed by atoms with Crippen molar-refractivity contribution in [3.05, 3.63) is 29.8 Å². The number of likely N-dealkylation sites (N-methyl/N-ethyl adjacent to an activating group) is 1. The topological polar surface area (TPSA) is 133 Å². The normalized spacial score (nSPS) is 14.6. The summed E-state index contributed by atoms with van der Waals surface area (Å²) >= 11 is 0. The maximum Gasteiger partial charge on any atom is 0.309 e. The van der Waals surface area contributed by atoms with Crippen LogP contribution in [0, 0.1) is 5.92 Å². The summed E-state index contributed by atoms with van der Waals surface area (Å²) in [5.74, 6) is -1.79. The highest BCUT2D eigenvalue weighted by molar-refractivity contribution is 7.89. The first kappa shape index (κ1) is 27.3. The molecule has 1 aliphatic rings. The number of piperidine rings is 1. The summed E-state index contributed by atoms with van der Waals surface area (Å²) in [6, 6.07) is 5.51. The van der Waals surface area contributed by atoms with Crippen LogP contribution in [0.15, 0.2) is 29.2 Å². The number of benzene rings is 1. The summed E-state index contributed by atoms with van der Waals surface area (Å²) < 4.78 is 30.6. The monoisotopic (exact) mass is 496 g/mol. The van der Waals surface area contributed by atoms with Crippen LogP contribution >= 0.6 is 0 Å². The lowest BCUT2D eigenvalue weighted by atomic mass is 9.97. The van der Waals surface area contributed by atoms with Crippen LogP contribution in [0.4, 0.5) is 0 Å². The quantitative estimate of drug-likeness (QED) is 0.473. The average molecular weight is 497 g/mol. The first-order valence-corrected chi connectivity index (χ1v) is 12.4. The molecule has 1 N–H and O–H groups in total. The maximum absolute atomic E-state index is 12.5. The number of amides is 3. The van der Waals surface area contributed by atoms with Crippen LogP contribution in [-0.2, 0) is 29.1 Å². The summed E-state index contributed by atoms with van der Waals surface area (Å²) in [5.41, 5.74) is 0.0962. The van der Waals surface area contributed by atoms with Gasteiger partial charge in [0.15, 0.2) is 0 Å². The van der Waals surface area contributed by atoms with Crippen molar-refractivity contribution in [2.45, 2.75) is 24.7 Å². The molecule has 0 radical (unpaired) electrons. The van der Waals surface area contributed by atoms with E-state index in [1.165, 1.54) is 50.3 Å². The standard InChI is InChI=1S/C22H32N4O7S/c1-5-33-22(30)16-9-11-26(12-10-16)20(28)15-25(4)19(27)14-23-21(29)17-7-6-8-18(13-17)34(31,32)24(2)3/h6-8,13,16H,5,9-12,14-15H2,1-4H3,(H,23,29). The molecule has 11 nitrogen and oxygen atoms in total. The zero-order valence-electron chi connectivity index (χ0n) is 19.9. The van der Waals surface area contributed by atoms with Gasteiger partial charge in [0, 0.05) is 39.8 Å². The molecule has 0 aromatic heterocycles. The lowest BCUT2D eigenvalue weighted by molar-refractivity contribution is -0.151. The number of esters is 1. The van der Waals surface area contributed by atoms with Gasteiger partial charge < -0.3 is 19.9 Å². The third-order valence-corrected chi connectivity index (χ3v) is 7.35. The zero-order valence-corrected chi connectivity index (χ0v) is 20.8. The predicted molar refractivity (Wildman–Crippen MR) is 123 cm³/mol. The van der Waals surface area contributed by atoms with Gasteiger partial charge in [-0.15, -0.1) is 0 Å². The molecule has 188 valence electrons. The van der Waals surface area contributed by atoms with E-state index < -0.39 is 21.8 Å². The first-order chi connectivity index (χ1) is 16.0. The second-order valence-electron chi connectivity index (χ2n) is 8.15. The minimum Gasteiger partial charge on any atom is -0.466 e. The molecule has 0 aliphatic carbocycles. The van der Waals surface area contributed by atoms with E-state index >= 15 is 0 Å². The Morgan fingerprint density at radius 3 is 2.35 bits per heavy atom. The Morgan fingerprint density at radius 2 is 1.76 bits per heavy atom. The Kier molecular flexibility index (Phi) is 9.56. The van der Waals surface area contributed by atoms with E-state index in [0.717, 1.165) is 4.31 Å². The lowest BCUT2D eigenvalue weighted by Gasteiger charge is -2.32. The third kappa shape index (κ3) is 7.00. The van der Waals surface area contributed by atoms with Crippen LogP contribution in [0.5, 0.6) is 0 Å². The Morgan fingerprint density at radius 1 is 1.12 bits per heavy atom. The minimum absolute atomic E-state index is 0.0362. The van der Waals surface area contributed by atoms with Crippen molar-refractivity contribution in [2.24, 2.45) is 5.92 Å². The van der Waals surface area contributed by atoms with Crippen molar-refractivity contribution in [3.63, 3.8) is 0 Å². The summed E-state index contributed by atoms with van der Waals surface area (Å²) in [4.78, 5) is 52.0. The van der Waals surface area contributed by atoms with Gasteiger partial charge in [0.2, 0.25) is 21.8 Å². The molecular formula is C22H32N4O7S. The van der Waals surface area contributed by atoms with Gasteiger partial charge in [-0.25, -0.2) is 12.7 Å². The van der Waals surface area contributed by atoms with Crippen LogP contribution in [0.2, 0.25) is 0 Å². The Balaban J connectivity index is 1.85. The van der Waals surface area contributed by atoms with Crippen molar-refractivity contribution in [2.75, 3.05) is 53.9 Å². The molecule has 0 bridgehead atoms. The van der Waals surface area contributed by atoms with Crippen LogP contribution in [0.1, 0.15) is 30.1 Å². The fraction of sp³-hybridized carbons (Fsp3) is 0.545. The van der Waals surface area contributed by atoms with Gasteiger partial charge in [-0.3, -0.25) is 19.2 Å². The molecule has 0 saturated carbocycles. The largest absolute Gasteiger partial charge is 0.466 e. The fourth-order valence-electron chi connectivity index (χ4n) is 3.42. The minimum atomic E-state index is -3.70. The number of nitrogens with one attached hydrogen (secondary N) is 1. The van der Waals surface area contributed by atoms with E-state index in [2.05, 4.69) is 5.32 Å². The molecule has 3 amide bonds. The first-order valence-electron chi connectivity index (χ1n) is 11.0. The number of sulfonamides is 1. The molecule has 2 rings (SSSR count). The number of ether oxygens (including phenoxy) is 1. The fourth-order valence-corrected chi connectivity index (χ4v) is 4.37. The highest BCUT2D eigenvalue weighted by atomic mass is 32.2. The molecule has 12 heteroatoms. The van der Waals surface area contributed by atoms with Crippen LogP contribution < -0.4 is 5.32 Å². The lowest BCUT2D eigenvalue weighted by Crippen LogP contribution is -2.47. The Labute approximate surface area is 200 Å². The van der Waals surface area contributed by atoms with Crippen LogP contribution in [-0.4, -0.2) is 100 Å². The van der Waals surface area contributed by atoms with Crippen LogP contribution in [0.25, 0.3) is 0 Å². The molecule has 1 aromatic rings.